The van der Waals surface area contributed by atoms with Crippen molar-refractivity contribution >= 4 is 30.0 Å². The molecule has 1 heterocycles. The van der Waals surface area contributed by atoms with Crippen molar-refractivity contribution in [1.29, 1.82) is 0 Å². The van der Waals surface area contributed by atoms with Gasteiger partial charge in [0.15, 0.2) is 0 Å². The summed E-state index contributed by atoms with van der Waals surface area (Å²) in [6.45, 7) is 0. The zero-order valence-electron chi connectivity index (χ0n) is 8.14. The third-order valence-corrected chi connectivity index (χ3v) is 2.13. The molecule has 0 fully saturated rings. The molecule has 2 N–H and O–H groups in total. The molecule has 4 nitrogen and oxygen atoms in total. The predicted octanol–water partition coefficient (Wildman–Crippen LogP) is 1.72. The lowest BCUT2D eigenvalue weighted by atomic mass is 10.1. The topological polar surface area (TPSA) is 65.2 Å². The first-order valence-electron chi connectivity index (χ1n) is 4.07. The van der Waals surface area contributed by atoms with Crippen LogP contribution in [0.2, 0.25) is 5.02 Å². The number of ether oxygens (including phenoxy) is 1. The van der Waals surface area contributed by atoms with E-state index in [0.29, 0.717) is 10.6 Å². The Morgan fingerprint density at radius 2 is 2.40 bits per heavy atom. The van der Waals surface area contributed by atoms with E-state index in [1.165, 1.54) is 13.3 Å². The van der Waals surface area contributed by atoms with E-state index in [4.69, 9.17) is 17.3 Å². The van der Waals surface area contributed by atoms with E-state index in [-0.39, 0.29) is 24.8 Å². The van der Waals surface area contributed by atoms with Crippen LogP contribution in [0.3, 0.4) is 0 Å². The molecule has 0 radical (unpaired) electrons. The number of hydrogen-bond acceptors (Lipinski definition) is 4. The number of methoxy groups -OCH3 is 1. The molecule has 1 atom stereocenters. The third kappa shape index (κ3) is 4.03. The molecule has 1 aromatic heterocycles. The maximum Gasteiger partial charge on any atom is 0.307 e. The van der Waals surface area contributed by atoms with Gasteiger partial charge in [-0.25, -0.2) is 0 Å². The highest BCUT2D eigenvalue weighted by Gasteiger charge is 2.14. The first-order valence-corrected chi connectivity index (χ1v) is 4.44. The summed E-state index contributed by atoms with van der Waals surface area (Å²) in [6.07, 6.45) is 3.19. The minimum atomic E-state index is -0.446. The van der Waals surface area contributed by atoms with Gasteiger partial charge in [-0.05, 0) is 11.6 Å². The molecule has 0 unspecified atom stereocenters. The molecule has 0 amide bonds. The monoisotopic (exact) mass is 250 g/mol. The first-order chi connectivity index (χ1) is 6.65. The average molecular weight is 251 g/mol. The summed E-state index contributed by atoms with van der Waals surface area (Å²) in [6, 6.07) is 1.24. The van der Waals surface area contributed by atoms with E-state index in [1.54, 1.807) is 12.3 Å². The van der Waals surface area contributed by atoms with Gasteiger partial charge in [0.2, 0.25) is 0 Å². The number of hydrogen-bond donors (Lipinski definition) is 1. The van der Waals surface area contributed by atoms with Crippen LogP contribution in [-0.4, -0.2) is 18.1 Å². The highest BCUT2D eigenvalue weighted by Crippen LogP contribution is 2.22. The summed E-state index contributed by atoms with van der Waals surface area (Å²) in [5.41, 5.74) is 6.46. The molecule has 0 bridgehead atoms. The molecular formula is C9H12Cl2N2O2. The lowest BCUT2D eigenvalue weighted by Crippen LogP contribution is -2.16. The lowest BCUT2D eigenvalue weighted by molar-refractivity contribution is -0.141. The summed E-state index contributed by atoms with van der Waals surface area (Å²) in [7, 11) is 1.32. The van der Waals surface area contributed by atoms with Crippen molar-refractivity contribution in [2.24, 2.45) is 5.73 Å². The smallest absolute Gasteiger partial charge is 0.307 e. The Labute approximate surface area is 99.2 Å². The van der Waals surface area contributed by atoms with Crippen LogP contribution in [0, 0.1) is 0 Å². The molecule has 84 valence electrons. The molecule has 0 saturated carbocycles. The molecule has 0 aromatic carbocycles. The quantitative estimate of drug-likeness (QED) is 0.830. The van der Waals surface area contributed by atoms with Gasteiger partial charge in [0.25, 0.3) is 0 Å². The van der Waals surface area contributed by atoms with E-state index < -0.39 is 6.04 Å². The number of nitrogens with two attached hydrogens (primary N) is 1. The molecular weight excluding hydrogens is 239 g/mol. The zero-order valence-corrected chi connectivity index (χ0v) is 9.72. The summed E-state index contributed by atoms with van der Waals surface area (Å²) < 4.78 is 4.50. The molecule has 1 aromatic rings. The van der Waals surface area contributed by atoms with Gasteiger partial charge in [0.05, 0.1) is 18.6 Å². The largest absolute Gasteiger partial charge is 0.469 e. The van der Waals surface area contributed by atoms with E-state index in [2.05, 4.69) is 9.72 Å². The van der Waals surface area contributed by atoms with Gasteiger partial charge in [-0.15, -0.1) is 12.4 Å². The van der Waals surface area contributed by atoms with E-state index in [9.17, 15) is 4.79 Å². The number of halogens is 2. The van der Waals surface area contributed by atoms with Gasteiger partial charge in [-0.3, -0.25) is 9.78 Å². The fraction of sp³-hybridized carbons (Fsp3) is 0.333. The maximum absolute atomic E-state index is 10.9. The van der Waals surface area contributed by atoms with E-state index in [1.807, 2.05) is 0 Å². The van der Waals surface area contributed by atoms with Crippen molar-refractivity contribution in [1.82, 2.24) is 4.98 Å². The van der Waals surface area contributed by atoms with Gasteiger partial charge in [-0.1, -0.05) is 11.6 Å². The Bertz CT molecular complexity index is 334. The number of nitrogens with zero attached hydrogens (tertiary/aromatic N) is 1. The Morgan fingerprint density at radius 3 is 2.93 bits per heavy atom. The Kier molecular flexibility index (Phi) is 6.24. The van der Waals surface area contributed by atoms with Crippen molar-refractivity contribution in [3.8, 4) is 0 Å². The second kappa shape index (κ2) is 6.61. The van der Waals surface area contributed by atoms with Gasteiger partial charge in [0.1, 0.15) is 0 Å². The van der Waals surface area contributed by atoms with Crippen LogP contribution in [0.5, 0.6) is 0 Å². The molecule has 0 aliphatic rings. The fourth-order valence-corrected chi connectivity index (χ4v) is 1.32. The highest BCUT2D eigenvalue weighted by atomic mass is 35.5. The lowest BCUT2D eigenvalue weighted by Gasteiger charge is -2.11. The van der Waals surface area contributed by atoms with Gasteiger partial charge in [-0.2, -0.15) is 0 Å². The molecule has 0 spiro atoms. The zero-order chi connectivity index (χ0) is 10.6. The molecule has 15 heavy (non-hydrogen) atoms. The summed E-state index contributed by atoms with van der Waals surface area (Å²) in [4.78, 5) is 14.8. The molecule has 0 saturated heterocycles. The minimum Gasteiger partial charge on any atom is -0.469 e. The molecule has 0 aliphatic heterocycles. The number of rotatable bonds is 3. The van der Waals surface area contributed by atoms with Crippen molar-refractivity contribution in [3.63, 3.8) is 0 Å². The number of esters is 1. The molecule has 0 aliphatic carbocycles. The highest BCUT2D eigenvalue weighted by molar-refractivity contribution is 6.31. The second-order valence-corrected chi connectivity index (χ2v) is 3.19. The maximum atomic E-state index is 10.9. The van der Waals surface area contributed by atoms with E-state index in [0.717, 1.165) is 0 Å². The summed E-state index contributed by atoms with van der Waals surface area (Å²) in [5.74, 6) is -0.356. The van der Waals surface area contributed by atoms with Crippen LogP contribution in [-0.2, 0) is 9.53 Å². The second-order valence-electron chi connectivity index (χ2n) is 2.78. The van der Waals surface area contributed by atoms with Crippen LogP contribution >= 0.6 is 24.0 Å². The van der Waals surface area contributed by atoms with Crippen LogP contribution in [0.25, 0.3) is 0 Å². The van der Waals surface area contributed by atoms with Crippen LogP contribution < -0.4 is 5.73 Å². The standard InChI is InChI=1S/C9H11ClN2O2.ClH/c1-14-9(13)4-8(11)6-2-3-12-5-7(6)10;/h2-3,5,8H,4,11H2,1H3;1H/t8-;/m0./s1. The summed E-state index contributed by atoms with van der Waals surface area (Å²) in [5, 5.41) is 0.462. The fourth-order valence-electron chi connectivity index (χ4n) is 1.06. The first kappa shape index (κ1) is 14.2. The Hall–Kier alpha value is -0.840. The number of aromatic nitrogens is 1. The van der Waals surface area contributed by atoms with Crippen LogP contribution in [0.15, 0.2) is 18.5 Å². The number of carbonyl (C=O) groups excluding carboxylic acids is 1. The summed E-state index contributed by atoms with van der Waals surface area (Å²) >= 11 is 5.85. The van der Waals surface area contributed by atoms with Crippen molar-refractivity contribution in [2.75, 3.05) is 7.11 Å². The SMILES string of the molecule is COC(=O)C[C@H](N)c1ccncc1Cl.Cl. The van der Waals surface area contributed by atoms with Crippen LogP contribution in [0.4, 0.5) is 0 Å². The minimum absolute atomic E-state index is 0. The molecule has 1 rings (SSSR count). The normalized spacial score (nSPS) is 11.4. The van der Waals surface area contributed by atoms with Crippen molar-refractivity contribution < 1.29 is 9.53 Å². The van der Waals surface area contributed by atoms with Gasteiger partial charge < -0.3 is 10.5 Å². The van der Waals surface area contributed by atoms with Crippen molar-refractivity contribution in [3.05, 3.63) is 29.0 Å². The number of carbonyl (C=O) groups is 1. The van der Waals surface area contributed by atoms with Gasteiger partial charge >= 0.3 is 5.97 Å². The van der Waals surface area contributed by atoms with Gasteiger partial charge in [0, 0.05) is 18.4 Å². The van der Waals surface area contributed by atoms with Crippen molar-refractivity contribution in [2.45, 2.75) is 12.5 Å². The average Bonchev–Trinajstić information content (AvgIpc) is 2.18. The Morgan fingerprint density at radius 1 is 1.73 bits per heavy atom. The Balaban J connectivity index is 0.00000196. The van der Waals surface area contributed by atoms with Crippen LogP contribution in [0.1, 0.15) is 18.0 Å². The molecule has 6 heteroatoms. The third-order valence-electron chi connectivity index (χ3n) is 1.82. The number of pyridine rings is 1. The predicted molar refractivity (Wildman–Crippen MR) is 60.1 cm³/mol. The van der Waals surface area contributed by atoms with E-state index >= 15 is 0 Å².